The number of benzene rings is 4. The van der Waals surface area contributed by atoms with Crippen molar-refractivity contribution in [3.8, 4) is 5.88 Å². The van der Waals surface area contributed by atoms with Gasteiger partial charge in [0.25, 0.3) is 0 Å². The molecular weight excluding hydrogens is 552 g/mol. The van der Waals surface area contributed by atoms with Crippen molar-refractivity contribution >= 4 is 36.7 Å². The SMILES string of the molecule is O=S(=O)(c1ccc2c(c(O)nn2C(c2ccccc2)(c2ccccc2)c2ccccc2)c1Br)C1COC1. The number of nitrogens with zero attached hydrogens (tertiary/aromatic N) is 2. The maximum absolute atomic E-state index is 13.2. The van der Waals surface area contributed by atoms with Gasteiger partial charge < -0.3 is 9.84 Å². The van der Waals surface area contributed by atoms with Gasteiger partial charge in [0.1, 0.15) is 10.8 Å². The molecular formula is C29H23BrN2O4S. The van der Waals surface area contributed by atoms with E-state index in [2.05, 4.69) is 21.0 Å². The van der Waals surface area contributed by atoms with Crippen molar-refractivity contribution in [2.24, 2.45) is 0 Å². The normalized spacial score (nSPS) is 14.5. The molecule has 1 N–H and O–H groups in total. The number of rotatable bonds is 6. The molecule has 1 aliphatic heterocycles. The Balaban J connectivity index is 1.71. The van der Waals surface area contributed by atoms with Crippen LogP contribution in [0.15, 0.2) is 112 Å². The van der Waals surface area contributed by atoms with Gasteiger partial charge in [0.2, 0.25) is 5.88 Å². The second-order valence-corrected chi connectivity index (χ2v) is 12.0. The quantitative estimate of drug-likeness (QED) is 0.270. The van der Waals surface area contributed by atoms with Crippen LogP contribution in [0.2, 0.25) is 0 Å². The first kappa shape index (κ1) is 23.9. The Morgan fingerprint density at radius 3 is 1.73 bits per heavy atom. The zero-order chi connectivity index (χ0) is 25.6. The molecule has 8 heteroatoms. The number of aromatic hydroxyl groups is 1. The summed E-state index contributed by atoms with van der Waals surface area (Å²) in [4.78, 5) is 0.118. The summed E-state index contributed by atoms with van der Waals surface area (Å²) in [5, 5.41) is 15.6. The highest BCUT2D eigenvalue weighted by atomic mass is 79.9. The standard InChI is InChI=1S/C29H23BrN2O4S/c30-27-25(37(34,35)23-18-36-19-23)17-16-24-26(27)28(33)31-32(24)29(20-10-4-1-5-11-20,21-12-6-2-7-13-21)22-14-8-3-9-15-22/h1-17,23H,18-19H2,(H,31,33). The Bertz CT molecular complexity index is 1590. The van der Waals surface area contributed by atoms with Gasteiger partial charge in [-0.05, 0) is 44.8 Å². The summed E-state index contributed by atoms with van der Waals surface area (Å²) in [6.45, 7) is 0.328. The minimum absolute atomic E-state index is 0.118. The van der Waals surface area contributed by atoms with Crippen LogP contribution >= 0.6 is 15.9 Å². The van der Waals surface area contributed by atoms with Crippen molar-refractivity contribution in [1.82, 2.24) is 9.78 Å². The average Bonchev–Trinajstić information content (AvgIpc) is 3.22. The Morgan fingerprint density at radius 2 is 1.30 bits per heavy atom. The number of halogens is 1. The topological polar surface area (TPSA) is 81.4 Å². The van der Waals surface area contributed by atoms with E-state index in [9.17, 15) is 13.5 Å². The van der Waals surface area contributed by atoms with Crippen molar-refractivity contribution < 1.29 is 18.3 Å². The van der Waals surface area contributed by atoms with Crippen LogP contribution in [0.25, 0.3) is 10.9 Å². The fourth-order valence-electron chi connectivity index (χ4n) is 5.09. The Hall–Kier alpha value is -3.46. The molecule has 0 amide bonds. The predicted octanol–water partition coefficient (Wildman–Crippen LogP) is 5.52. The van der Waals surface area contributed by atoms with E-state index in [1.165, 1.54) is 0 Å². The molecule has 37 heavy (non-hydrogen) atoms. The highest BCUT2D eigenvalue weighted by Gasteiger charge is 2.42. The highest BCUT2D eigenvalue weighted by Crippen LogP contribution is 2.46. The minimum atomic E-state index is -3.64. The number of sulfone groups is 1. The van der Waals surface area contributed by atoms with Crippen molar-refractivity contribution in [2.75, 3.05) is 13.2 Å². The Kier molecular flexibility index (Phi) is 5.90. The molecule has 4 aromatic carbocycles. The third-order valence-electron chi connectivity index (χ3n) is 6.98. The van der Waals surface area contributed by atoms with E-state index >= 15 is 0 Å². The molecule has 1 aliphatic rings. The smallest absolute Gasteiger partial charge is 0.239 e. The summed E-state index contributed by atoms with van der Waals surface area (Å²) in [6, 6.07) is 33.3. The highest BCUT2D eigenvalue weighted by molar-refractivity contribution is 9.10. The lowest BCUT2D eigenvalue weighted by Gasteiger charge is -2.36. The Labute approximate surface area is 223 Å². The summed E-state index contributed by atoms with van der Waals surface area (Å²) in [6.07, 6.45) is 0. The minimum Gasteiger partial charge on any atom is -0.492 e. The summed E-state index contributed by atoms with van der Waals surface area (Å²) in [7, 11) is -3.64. The zero-order valence-corrected chi connectivity index (χ0v) is 22.1. The van der Waals surface area contributed by atoms with Crippen molar-refractivity contribution in [3.05, 3.63) is 124 Å². The molecule has 0 bridgehead atoms. The molecule has 6 nitrogen and oxygen atoms in total. The van der Waals surface area contributed by atoms with Crippen LogP contribution in [-0.4, -0.2) is 41.8 Å². The molecule has 0 atom stereocenters. The van der Waals surface area contributed by atoms with Crippen LogP contribution in [0.1, 0.15) is 16.7 Å². The third-order valence-corrected chi connectivity index (χ3v) is 10.2. The van der Waals surface area contributed by atoms with Gasteiger partial charge in [-0.15, -0.1) is 5.10 Å². The van der Waals surface area contributed by atoms with Gasteiger partial charge in [-0.3, -0.25) is 0 Å². The molecule has 0 radical (unpaired) electrons. The lowest BCUT2D eigenvalue weighted by molar-refractivity contribution is 0.0416. The number of aromatic nitrogens is 2. The van der Waals surface area contributed by atoms with Crippen LogP contribution in [0.5, 0.6) is 5.88 Å². The lowest BCUT2D eigenvalue weighted by atomic mass is 9.77. The number of ether oxygens (including phenoxy) is 1. The van der Waals surface area contributed by atoms with E-state index in [1.807, 2.05) is 91.0 Å². The van der Waals surface area contributed by atoms with E-state index < -0.39 is 20.6 Å². The molecule has 1 aromatic heterocycles. The largest absolute Gasteiger partial charge is 0.492 e. The first-order valence-electron chi connectivity index (χ1n) is 11.8. The van der Waals surface area contributed by atoms with Crippen LogP contribution in [0.4, 0.5) is 0 Å². The maximum atomic E-state index is 13.2. The van der Waals surface area contributed by atoms with Crippen LogP contribution < -0.4 is 0 Å². The molecule has 0 spiro atoms. The Morgan fingerprint density at radius 1 is 0.811 bits per heavy atom. The van der Waals surface area contributed by atoms with E-state index in [1.54, 1.807) is 16.8 Å². The molecule has 2 heterocycles. The summed E-state index contributed by atoms with van der Waals surface area (Å²) < 4.78 is 33.7. The van der Waals surface area contributed by atoms with Crippen molar-refractivity contribution in [2.45, 2.75) is 15.7 Å². The third kappa shape index (κ3) is 3.62. The second-order valence-electron chi connectivity index (χ2n) is 9.02. The molecule has 0 unspecified atom stereocenters. The van der Waals surface area contributed by atoms with Gasteiger partial charge in [0.15, 0.2) is 9.84 Å². The van der Waals surface area contributed by atoms with Gasteiger partial charge >= 0.3 is 0 Å². The van der Waals surface area contributed by atoms with Gasteiger partial charge in [-0.2, -0.15) is 0 Å². The van der Waals surface area contributed by atoms with E-state index in [-0.39, 0.29) is 24.0 Å². The van der Waals surface area contributed by atoms with Gasteiger partial charge in [0.05, 0.1) is 33.5 Å². The van der Waals surface area contributed by atoms with Gasteiger partial charge in [-0.25, -0.2) is 13.1 Å². The van der Waals surface area contributed by atoms with E-state index in [0.29, 0.717) is 15.4 Å². The summed E-state index contributed by atoms with van der Waals surface area (Å²) in [5.74, 6) is -0.254. The second kappa shape index (κ2) is 9.13. The van der Waals surface area contributed by atoms with E-state index in [4.69, 9.17) is 4.74 Å². The molecule has 0 aliphatic carbocycles. The maximum Gasteiger partial charge on any atom is 0.239 e. The molecule has 1 saturated heterocycles. The predicted molar refractivity (Wildman–Crippen MR) is 145 cm³/mol. The molecule has 186 valence electrons. The molecule has 5 aromatic rings. The van der Waals surface area contributed by atoms with Gasteiger partial charge in [0, 0.05) is 0 Å². The van der Waals surface area contributed by atoms with Crippen molar-refractivity contribution in [1.29, 1.82) is 0 Å². The first-order valence-corrected chi connectivity index (χ1v) is 14.2. The first-order chi connectivity index (χ1) is 18.0. The lowest BCUT2D eigenvalue weighted by Crippen LogP contribution is -2.40. The average molecular weight is 575 g/mol. The fraction of sp³-hybridized carbons (Fsp3) is 0.138. The number of hydrogen-bond acceptors (Lipinski definition) is 5. The number of fused-ring (bicyclic) bond motifs is 1. The zero-order valence-electron chi connectivity index (χ0n) is 19.7. The van der Waals surface area contributed by atoms with E-state index in [0.717, 1.165) is 16.7 Å². The fourth-order valence-corrected chi connectivity index (χ4v) is 7.80. The van der Waals surface area contributed by atoms with Crippen LogP contribution in [-0.2, 0) is 20.1 Å². The van der Waals surface area contributed by atoms with Crippen LogP contribution in [0, 0.1) is 0 Å². The molecule has 0 saturated carbocycles. The number of hydrogen-bond donors (Lipinski definition) is 1. The summed E-state index contributed by atoms with van der Waals surface area (Å²) in [5.41, 5.74) is 2.46. The molecule has 6 rings (SSSR count). The molecule has 1 fully saturated rings. The monoisotopic (exact) mass is 574 g/mol. The van der Waals surface area contributed by atoms with Gasteiger partial charge in [-0.1, -0.05) is 91.0 Å². The summed E-state index contributed by atoms with van der Waals surface area (Å²) >= 11 is 3.51. The van der Waals surface area contributed by atoms with Crippen LogP contribution in [0.3, 0.4) is 0 Å². The van der Waals surface area contributed by atoms with Crippen molar-refractivity contribution in [3.63, 3.8) is 0 Å².